The zero-order valence-electron chi connectivity index (χ0n) is 13.9. The molecular formula is C17H24N2O4S. The fourth-order valence-corrected chi connectivity index (χ4v) is 4.08. The molecule has 1 spiro atoms. The van der Waals surface area contributed by atoms with Gasteiger partial charge in [0.25, 0.3) is 5.91 Å². The van der Waals surface area contributed by atoms with E-state index in [0.717, 1.165) is 31.9 Å². The Morgan fingerprint density at radius 1 is 1.33 bits per heavy atom. The van der Waals surface area contributed by atoms with E-state index in [2.05, 4.69) is 4.72 Å². The maximum absolute atomic E-state index is 12.6. The molecule has 7 heteroatoms. The van der Waals surface area contributed by atoms with Crippen molar-refractivity contribution in [2.45, 2.75) is 37.4 Å². The van der Waals surface area contributed by atoms with Crippen LogP contribution in [0.1, 0.15) is 36.0 Å². The molecule has 2 fully saturated rings. The molecule has 2 aliphatic heterocycles. The van der Waals surface area contributed by atoms with Crippen molar-refractivity contribution in [3.05, 3.63) is 35.9 Å². The van der Waals surface area contributed by atoms with E-state index in [1.807, 2.05) is 35.2 Å². The Balaban J connectivity index is 1.62. The minimum absolute atomic E-state index is 0.0347. The summed E-state index contributed by atoms with van der Waals surface area (Å²) in [6.07, 6.45) is 4.59. The second kappa shape index (κ2) is 6.82. The van der Waals surface area contributed by atoms with Crippen molar-refractivity contribution in [3.63, 3.8) is 0 Å². The number of benzene rings is 1. The fourth-order valence-electron chi connectivity index (χ4n) is 3.59. The number of rotatable bonds is 4. The van der Waals surface area contributed by atoms with Crippen molar-refractivity contribution in [2.75, 3.05) is 25.9 Å². The first kappa shape index (κ1) is 17.4. The Morgan fingerprint density at radius 2 is 2.08 bits per heavy atom. The molecule has 2 aliphatic rings. The Kier molecular flexibility index (Phi) is 4.94. The number of sulfonamides is 1. The van der Waals surface area contributed by atoms with Crippen LogP contribution < -0.4 is 4.72 Å². The lowest BCUT2D eigenvalue weighted by Crippen LogP contribution is -2.47. The quantitative estimate of drug-likeness (QED) is 0.888. The lowest BCUT2D eigenvalue weighted by Gasteiger charge is -2.38. The summed E-state index contributed by atoms with van der Waals surface area (Å²) < 4.78 is 31.3. The Labute approximate surface area is 143 Å². The highest BCUT2D eigenvalue weighted by Gasteiger charge is 2.44. The maximum atomic E-state index is 12.6. The van der Waals surface area contributed by atoms with Gasteiger partial charge in [-0.1, -0.05) is 18.2 Å². The zero-order chi connectivity index (χ0) is 17.2. The number of carbonyl (C=O) groups is 1. The van der Waals surface area contributed by atoms with Crippen LogP contribution in [0.15, 0.2) is 30.3 Å². The summed E-state index contributed by atoms with van der Waals surface area (Å²) in [6, 6.07) is 9.28. The number of hydrogen-bond acceptors (Lipinski definition) is 4. The summed E-state index contributed by atoms with van der Waals surface area (Å²) in [5, 5.41) is 0. The second-order valence-electron chi connectivity index (χ2n) is 6.78. The van der Waals surface area contributed by atoms with Crippen LogP contribution >= 0.6 is 0 Å². The molecule has 2 heterocycles. The number of carbonyl (C=O) groups excluding carboxylic acids is 1. The highest BCUT2D eigenvalue weighted by atomic mass is 32.2. The lowest BCUT2D eigenvalue weighted by molar-refractivity contribution is -0.116. The minimum Gasteiger partial charge on any atom is -0.368 e. The van der Waals surface area contributed by atoms with E-state index in [4.69, 9.17) is 4.74 Å². The molecule has 0 aliphatic carbocycles. The van der Waals surface area contributed by atoms with Crippen molar-refractivity contribution in [1.29, 1.82) is 0 Å². The van der Waals surface area contributed by atoms with Gasteiger partial charge in [-0.2, -0.15) is 0 Å². The first-order chi connectivity index (χ1) is 11.4. The normalized spacial score (nSPS) is 27.5. The van der Waals surface area contributed by atoms with E-state index >= 15 is 0 Å². The minimum atomic E-state index is -3.21. The van der Waals surface area contributed by atoms with Crippen LogP contribution in [0, 0.1) is 0 Å². The predicted molar refractivity (Wildman–Crippen MR) is 91.3 cm³/mol. The third-order valence-electron chi connectivity index (χ3n) is 4.77. The number of nitrogens with zero attached hydrogens (tertiary/aromatic N) is 1. The van der Waals surface area contributed by atoms with E-state index in [1.165, 1.54) is 0 Å². The first-order valence-electron chi connectivity index (χ1n) is 8.34. The molecule has 0 aromatic heterocycles. The number of ether oxygens (including phenoxy) is 1. The van der Waals surface area contributed by atoms with Crippen molar-refractivity contribution >= 4 is 15.9 Å². The largest absolute Gasteiger partial charge is 0.368 e. The van der Waals surface area contributed by atoms with Crippen molar-refractivity contribution < 1.29 is 17.9 Å². The van der Waals surface area contributed by atoms with Gasteiger partial charge in [-0.25, -0.2) is 13.1 Å². The van der Waals surface area contributed by atoms with Crippen LogP contribution in [0.25, 0.3) is 0 Å². The zero-order valence-corrected chi connectivity index (χ0v) is 14.7. The topological polar surface area (TPSA) is 75.7 Å². The molecule has 132 valence electrons. The van der Waals surface area contributed by atoms with Gasteiger partial charge in [-0.05, 0) is 37.8 Å². The van der Waals surface area contributed by atoms with Gasteiger partial charge in [0.2, 0.25) is 10.0 Å². The smallest absolute Gasteiger partial charge is 0.253 e. The molecule has 3 rings (SSSR count). The van der Waals surface area contributed by atoms with Gasteiger partial charge in [0.15, 0.2) is 0 Å². The first-order valence-corrected chi connectivity index (χ1v) is 10.2. The standard InChI is InChI=1S/C17H24N2O4S/c1-24(21,22)18-12-15-8-5-9-17(23-15)10-11-19(13-17)16(20)14-6-3-2-4-7-14/h2-4,6-7,15,18H,5,8-13H2,1H3/t15-,17+/m0/s1. The monoisotopic (exact) mass is 352 g/mol. The van der Waals surface area contributed by atoms with Crippen LogP contribution in [0.3, 0.4) is 0 Å². The Bertz CT molecular complexity index is 692. The summed E-state index contributed by atoms with van der Waals surface area (Å²) in [5.41, 5.74) is 0.368. The van der Waals surface area contributed by atoms with Gasteiger partial charge in [-0.3, -0.25) is 4.79 Å². The third kappa shape index (κ3) is 4.15. The maximum Gasteiger partial charge on any atom is 0.253 e. The summed E-state index contributed by atoms with van der Waals surface area (Å²) in [6.45, 7) is 1.56. The number of likely N-dealkylation sites (tertiary alicyclic amines) is 1. The van der Waals surface area contributed by atoms with Crippen molar-refractivity contribution in [2.24, 2.45) is 0 Å². The van der Waals surface area contributed by atoms with Crippen LogP contribution in [0.5, 0.6) is 0 Å². The van der Waals surface area contributed by atoms with Gasteiger partial charge in [0.1, 0.15) is 0 Å². The molecule has 2 atom stereocenters. The van der Waals surface area contributed by atoms with Gasteiger partial charge < -0.3 is 9.64 Å². The van der Waals surface area contributed by atoms with Gasteiger partial charge in [0.05, 0.1) is 24.5 Å². The molecule has 2 saturated heterocycles. The molecule has 0 unspecified atom stereocenters. The van der Waals surface area contributed by atoms with E-state index < -0.39 is 10.0 Å². The van der Waals surface area contributed by atoms with Crippen LogP contribution in [0.2, 0.25) is 0 Å². The second-order valence-corrected chi connectivity index (χ2v) is 8.61. The molecule has 0 radical (unpaired) electrons. The summed E-state index contributed by atoms with van der Waals surface area (Å²) in [4.78, 5) is 14.4. The van der Waals surface area contributed by atoms with Crippen molar-refractivity contribution in [3.8, 4) is 0 Å². The highest BCUT2D eigenvalue weighted by Crippen LogP contribution is 2.37. The Hall–Kier alpha value is -1.44. The molecule has 0 bridgehead atoms. The molecule has 24 heavy (non-hydrogen) atoms. The average Bonchev–Trinajstić information content (AvgIpc) is 2.96. The van der Waals surface area contributed by atoms with E-state index in [9.17, 15) is 13.2 Å². The summed E-state index contributed by atoms with van der Waals surface area (Å²) in [5.74, 6) is 0.0347. The summed E-state index contributed by atoms with van der Waals surface area (Å²) >= 11 is 0. The SMILES string of the molecule is CS(=O)(=O)NC[C@@H]1CCC[C@]2(CCN(C(=O)c3ccccc3)C2)O1. The number of amides is 1. The highest BCUT2D eigenvalue weighted by molar-refractivity contribution is 7.88. The van der Waals surface area contributed by atoms with Gasteiger partial charge in [0, 0.05) is 18.7 Å². The van der Waals surface area contributed by atoms with Gasteiger partial charge >= 0.3 is 0 Å². The molecule has 1 amide bonds. The molecule has 6 nitrogen and oxygen atoms in total. The van der Waals surface area contributed by atoms with Crippen LogP contribution in [-0.4, -0.2) is 56.8 Å². The van der Waals surface area contributed by atoms with E-state index in [0.29, 0.717) is 25.2 Å². The fraction of sp³-hybridized carbons (Fsp3) is 0.588. The van der Waals surface area contributed by atoms with Crippen LogP contribution in [0.4, 0.5) is 0 Å². The van der Waals surface area contributed by atoms with E-state index in [1.54, 1.807) is 0 Å². The summed E-state index contributed by atoms with van der Waals surface area (Å²) in [7, 11) is -3.21. The molecule has 1 aromatic rings. The van der Waals surface area contributed by atoms with Gasteiger partial charge in [-0.15, -0.1) is 0 Å². The molecule has 0 saturated carbocycles. The number of nitrogens with one attached hydrogen (secondary N) is 1. The number of hydrogen-bond donors (Lipinski definition) is 1. The molecule has 1 N–H and O–H groups in total. The average molecular weight is 352 g/mol. The van der Waals surface area contributed by atoms with Crippen molar-refractivity contribution in [1.82, 2.24) is 9.62 Å². The third-order valence-corrected chi connectivity index (χ3v) is 5.46. The molecule has 1 aromatic carbocycles. The predicted octanol–water partition coefficient (Wildman–Crippen LogP) is 1.39. The van der Waals surface area contributed by atoms with Crippen LogP contribution in [-0.2, 0) is 14.8 Å². The van der Waals surface area contributed by atoms with E-state index in [-0.39, 0.29) is 17.6 Å². The molecular weight excluding hydrogens is 328 g/mol. The Morgan fingerprint density at radius 3 is 2.79 bits per heavy atom. The lowest BCUT2D eigenvalue weighted by atomic mass is 9.90.